The van der Waals surface area contributed by atoms with E-state index in [-0.39, 0.29) is 22.8 Å². The summed E-state index contributed by atoms with van der Waals surface area (Å²) in [5.74, 6) is -0.306. The Kier molecular flexibility index (Phi) is 4.80. The fourth-order valence-electron chi connectivity index (χ4n) is 3.15. The van der Waals surface area contributed by atoms with Crippen LogP contribution in [0.3, 0.4) is 0 Å². The zero-order valence-electron chi connectivity index (χ0n) is 15.1. The second kappa shape index (κ2) is 7.14. The molecule has 1 amide bonds. The molecule has 1 fully saturated rings. The van der Waals surface area contributed by atoms with Crippen molar-refractivity contribution in [3.05, 3.63) is 41.1 Å². The summed E-state index contributed by atoms with van der Waals surface area (Å²) in [4.78, 5) is 18.9. The van der Waals surface area contributed by atoms with Gasteiger partial charge >= 0.3 is 0 Å². The second-order valence-corrected chi connectivity index (χ2v) is 9.33. The molecule has 148 valence electrons. The first-order valence-corrected chi connectivity index (χ1v) is 11.1. The van der Waals surface area contributed by atoms with Gasteiger partial charge in [-0.15, -0.1) is 0 Å². The molecule has 0 radical (unpaired) electrons. The van der Waals surface area contributed by atoms with Crippen molar-refractivity contribution in [3.63, 3.8) is 0 Å². The quantitative estimate of drug-likeness (QED) is 0.665. The Bertz CT molecular complexity index is 1130. The number of amides is 1. The zero-order valence-corrected chi connectivity index (χ0v) is 16.7. The molecule has 3 aromatic rings. The molecule has 0 aliphatic carbocycles. The number of hydrogen-bond donors (Lipinski definition) is 2. The van der Waals surface area contributed by atoms with Crippen LogP contribution < -0.4 is 10.2 Å². The van der Waals surface area contributed by atoms with E-state index in [4.69, 9.17) is 25.2 Å². The average Bonchev–Trinajstić information content (AvgIpc) is 3.29. The molecule has 1 saturated heterocycles. The van der Waals surface area contributed by atoms with Crippen molar-refractivity contribution in [1.29, 1.82) is 4.78 Å². The number of oxazole rings is 1. The van der Waals surface area contributed by atoms with Crippen molar-refractivity contribution in [1.82, 2.24) is 10.3 Å². The molecule has 0 saturated carbocycles. The first-order chi connectivity index (χ1) is 13.3. The molecule has 28 heavy (non-hydrogen) atoms. The minimum absolute atomic E-state index is 0.00327. The molecule has 8 nitrogen and oxygen atoms in total. The lowest BCUT2D eigenvalue weighted by Crippen LogP contribution is -2.44. The van der Waals surface area contributed by atoms with Gasteiger partial charge < -0.3 is 19.1 Å². The van der Waals surface area contributed by atoms with Gasteiger partial charge in [-0.05, 0) is 43.2 Å². The van der Waals surface area contributed by atoms with Gasteiger partial charge in [0.25, 0.3) is 11.9 Å². The molecule has 4 rings (SSSR count). The number of benzene rings is 1. The van der Waals surface area contributed by atoms with Gasteiger partial charge in [0.05, 0.1) is 0 Å². The summed E-state index contributed by atoms with van der Waals surface area (Å²) >= 11 is 5.99. The van der Waals surface area contributed by atoms with Crippen molar-refractivity contribution in [2.75, 3.05) is 24.2 Å². The zero-order chi connectivity index (χ0) is 19.9. The summed E-state index contributed by atoms with van der Waals surface area (Å²) < 4.78 is 30.2. The predicted octanol–water partition coefficient (Wildman–Crippen LogP) is 3.51. The number of piperidine rings is 1. The molecule has 0 unspecified atom stereocenters. The van der Waals surface area contributed by atoms with Gasteiger partial charge in [0.1, 0.15) is 15.2 Å². The van der Waals surface area contributed by atoms with Crippen LogP contribution in [0.4, 0.5) is 6.01 Å². The lowest BCUT2D eigenvalue weighted by atomic mass is 10.1. The largest absolute Gasteiger partial charge is 0.441 e. The summed E-state index contributed by atoms with van der Waals surface area (Å²) in [6.45, 7) is 1.37. The van der Waals surface area contributed by atoms with Crippen molar-refractivity contribution in [2.24, 2.45) is 0 Å². The molecule has 2 N–H and O–H groups in total. The van der Waals surface area contributed by atoms with Crippen LogP contribution in [0.5, 0.6) is 0 Å². The first kappa shape index (κ1) is 18.8. The molecule has 10 heteroatoms. The van der Waals surface area contributed by atoms with E-state index in [1.165, 1.54) is 18.4 Å². The van der Waals surface area contributed by atoms with E-state index in [0.29, 0.717) is 35.2 Å². The molecule has 2 aromatic heterocycles. The lowest BCUT2D eigenvalue weighted by molar-refractivity contribution is 0.0897. The number of hydrogen-bond acceptors (Lipinski definition) is 7. The molecule has 0 bridgehead atoms. The van der Waals surface area contributed by atoms with Gasteiger partial charge in [-0.25, -0.2) is 8.99 Å². The second-order valence-electron chi connectivity index (χ2n) is 6.81. The molecule has 1 atom stereocenters. The predicted molar refractivity (Wildman–Crippen MR) is 105 cm³/mol. The number of rotatable bonds is 4. The third-order valence-corrected chi connectivity index (χ3v) is 5.85. The van der Waals surface area contributed by atoms with Gasteiger partial charge in [0, 0.05) is 30.4 Å². The SMILES string of the molecule is C[S@](=N)(=O)c1ccc(C(=O)NC2CCN(c3nc4cc(Cl)ccc4o3)CC2)o1. The number of aromatic nitrogens is 1. The van der Waals surface area contributed by atoms with Crippen LogP contribution in [0.1, 0.15) is 23.4 Å². The molecule has 1 aliphatic rings. The molecule has 1 aromatic carbocycles. The third kappa shape index (κ3) is 3.85. The minimum Gasteiger partial charge on any atom is -0.441 e. The van der Waals surface area contributed by atoms with Crippen molar-refractivity contribution < 1.29 is 17.8 Å². The topological polar surface area (TPSA) is 112 Å². The van der Waals surface area contributed by atoms with Crippen LogP contribution >= 0.6 is 11.6 Å². The highest BCUT2D eigenvalue weighted by Gasteiger charge is 2.25. The third-order valence-electron chi connectivity index (χ3n) is 4.63. The van der Waals surface area contributed by atoms with Crippen LogP contribution in [0.15, 0.2) is 44.3 Å². The highest BCUT2D eigenvalue weighted by atomic mass is 35.5. The van der Waals surface area contributed by atoms with E-state index < -0.39 is 9.73 Å². The number of furan rings is 1. The Hall–Kier alpha value is -2.52. The average molecular weight is 423 g/mol. The minimum atomic E-state index is -2.98. The van der Waals surface area contributed by atoms with Crippen molar-refractivity contribution in [3.8, 4) is 0 Å². The Labute approximate surface area is 166 Å². The number of nitrogens with one attached hydrogen (secondary N) is 2. The van der Waals surface area contributed by atoms with E-state index in [0.717, 1.165) is 12.8 Å². The summed E-state index contributed by atoms with van der Waals surface area (Å²) in [7, 11) is -2.98. The highest BCUT2D eigenvalue weighted by Crippen LogP contribution is 2.26. The van der Waals surface area contributed by atoms with Crippen molar-refractivity contribution in [2.45, 2.75) is 24.0 Å². The maximum atomic E-state index is 12.3. The summed E-state index contributed by atoms with van der Waals surface area (Å²) in [6.07, 6.45) is 2.70. The van der Waals surface area contributed by atoms with Gasteiger partial charge in [-0.2, -0.15) is 4.98 Å². The van der Waals surface area contributed by atoms with E-state index >= 15 is 0 Å². The Morgan fingerprint density at radius 2 is 2.04 bits per heavy atom. The number of nitrogens with zero attached hydrogens (tertiary/aromatic N) is 2. The maximum Gasteiger partial charge on any atom is 0.298 e. The summed E-state index contributed by atoms with van der Waals surface area (Å²) in [5.41, 5.74) is 1.40. The monoisotopic (exact) mass is 422 g/mol. The highest BCUT2D eigenvalue weighted by molar-refractivity contribution is 7.91. The van der Waals surface area contributed by atoms with E-state index in [1.54, 1.807) is 18.2 Å². The van der Waals surface area contributed by atoms with Gasteiger partial charge in [-0.1, -0.05) is 11.6 Å². The van der Waals surface area contributed by atoms with Crippen LogP contribution in [0.2, 0.25) is 5.02 Å². The van der Waals surface area contributed by atoms with Gasteiger partial charge in [0.15, 0.2) is 16.4 Å². The Morgan fingerprint density at radius 3 is 2.71 bits per heavy atom. The smallest absolute Gasteiger partial charge is 0.298 e. The number of halogens is 1. The fraction of sp³-hybridized carbons (Fsp3) is 0.333. The summed E-state index contributed by atoms with van der Waals surface area (Å²) in [5, 5.41) is 3.54. The van der Waals surface area contributed by atoms with Gasteiger partial charge in [0.2, 0.25) is 0 Å². The van der Waals surface area contributed by atoms with E-state index in [1.807, 2.05) is 4.90 Å². The molecular weight excluding hydrogens is 404 g/mol. The lowest BCUT2D eigenvalue weighted by Gasteiger charge is -2.31. The fourth-order valence-corrected chi connectivity index (χ4v) is 3.89. The number of fused-ring (bicyclic) bond motifs is 1. The van der Waals surface area contributed by atoms with Crippen LogP contribution in [0, 0.1) is 4.78 Å². The van der Waals surface area contributed by atoms with E-state index in [2.05, 4.69) is 10.3 Å². The molecule has 1 aliphatic heterocycles. The van der Waals surface area contributed by atoms with Crippen LogP contribution in [-0.4, -0.2) is 40.5 Å². The number of carbonyl (C=O) groups excluding carboxylic acids is 1. The number of anilines is 1. The normalized spacial score (nSPS) is 17.6. The Balaban J connectivity index is 1.37. The van der Waals surface area contributed by atoms with Crippen molar-refractivity contribution >= 4 is 44.4 Å². The van der Waals surface area contributed by atoms with Crippen LogP contribution in [0.25, 0.3) is 11.1 Å². The number of carbonyl (C=O) groups is 1. The Morgan fingerprint density at radius 1 is 1.29 bits per heavy atom. The maximum absolute atomic E-state index is 12.3. The molecular formula is C18H19ClN4O4S. The molecule has 0 spiro atoms. The van der Waals surface area contributed by atoms with E-state index in [9.17, 15) is 9.00 Å². The molecule has 3 heterocycles. The van der Waals surface area contributed by atoms with Crippen LogP contribution in [-0.2, 0) is 9.73 Å². The first-order valence-electron chi connectivity index (χ1n) is 8.75. The summed E-state index contributed by atoms with van der Waals surface area (Å²) in [6, 6.07) is 8.71. The standard InChI is InChI=1S/C18H19ClN4O4S/c1-28(20,25)16-5-4-15(26-16)17(24)21-12-6-8-23(9-7-12)18-22-13-10-11(19)2-3-14(13)27-18/h2-5,10,12,20H,6-9H2,1H3,(H,21,24)/t28-/m0/s1. The van der Waals surface area contributed by atoms with Gasteiger partial charge in [-0.3, -0.25) is 4.79 Å².